The Morgan fingerprint density at radius 1 is 0.451 bits per heavy atom. The van der Waals surface area contributed by atoms with Crippen LogP contribution in [0, 0.1) is 0 Å². The van der Waals surface area contributed by atoms with E-state index in [9.17, 15) is 19.0 Å². The maximum absolute atomic E-state index is 12.7. The lowest BCUT2D eigenvalue weighted by Gasteiger charge is -2.28. The van der Waals surface area contributed by atoms with Gasteiger partial charge in [-0.3, -0.25) is 14.2 Å². The average molecular weight is 1020 g/mol. The number of allylic oxidation sites excluding steroid dienone is 8. The highest BCUT2D eigenvalue weighted by Crippen LogP contribution is 2.38. The molecule has 0 rings (SSSR count). The van der Waals surface area contributed by atoms with E-state index in [1.54, 1.807) is 0 Å². The van der Waals surface area contributed by atoms with Crippen LogP contribution in [-0.2, 0) is 32.7 Å². The van der Waals surface area contributed by atoms with Crippen molar-refractivity contribution < 1.29 is 42.1 Å². The van der Waals surface area contributed by atoms with Crippen LogP contribution >= 0.6 is 7.82 Å². The number of likely N-dealkylation sites (N-methyl/N-ethyl adjacent to an activating group) is 1. The molecule has 0 N–H and O–H groups in total. The number of hydrogen-bond acceptors (Lipinski definition) is 8. The van der Waals surface area contributed by atoms with Crippen LogP contribution in [-0.4, -0.2) is 70.0 Å². The van der Waals surface area contributed by atoms with E-state index in [2.05, 4.69) is 62.5 Å². The zero-order chi connectivity index (χ0) is 52.0. The normalized spacial score (nSPS) is 13.6. The molecule has 0 bridgehead atoms. The van der Waals surface area contributed by atoms with Crippen molar-refractivity contribution in [2.24, 2.45) is 0 Å². The number of hydrogen-bond donors (Lipinski definition) is 0. The maximum atomic E-state index is 12.7. The number of nitrogens with zero attached hydrogens (tertiary/aromatic N) is 1. The van der Waals surface area contributed by atoms with E-state index in [0.717, 1.165) is 57.8 Å². The van der Waals surface area contributed by atoms with E-state index < -0.39 is 26.5 Å². The van der Waals surface area contributed by atoms with Crippen LogP contribution in [0.2, 0.25) is 0 Å². The van der Waals surface area contributed by atoms with Crippen LogP contribution in [0.3, 0.4) is 0 Å². The maximum Gasteiger partial charge on any atom is 0.306 e. The monoisotopic (exact) mass is 1020 g/mol. The van der Waals surface area contributed by atoms with E-state index in [0.29, 0.717) is 17.4 Å². The van der Waals surface area contributed by atoms with E-state index in [4.69, 9.17) is 18.5 Å². The van der Waals surface area contributed by atoms with Gasteiger partial charge in [0.1, 0.15) is 19.8 Å². The lowest BCUT2D eigenvalue weighted by Crippen LogP contribution is -2.37. The topological polar surface area (TPSA) is 111 Å². The lowest BCUT2D eigenvalue weighted by atomic mass is 10.0. The van der Waals surface area contributed by atoms with Crippen LogP contribution in [0.4, 0.5) is 0 Å². The molecule has 9 nitrogen and oxygen atoms in total. The van der Waals surface area contributed by atoms with Gasteiger partial charge in [0, 0.05) is 12.8 Å². The molecule has 0 fully saturated rings. The Bertz CT molecular complexity index is 1340. The highest BCUT2D eigenvalue weighted by atomic mass is 31.2. The number of unbranched alkanes of at least 4 members (excludes halogenated alkanes) is 33. The van der Waals surface area contributed by atoms with Crippen LogP contribution in [0.25, 0.3) is 0 Å². The molecule has 0 aromatic rings. The predicted octanol–water partition coefficient (Wildman–Crippen LogP) is 17.9. The Morgan fingerprint density at radius 2 is 0.803 bits per heavy atom. The minimum absolute atomic E-state index is 0.0280. The number of rotatable bonds is 55. The fraction of sp³-hybridized carbons (Fsp3) is 0.836. The molecule has 416 valence electrons. The average Bonchev–Trinajstić information content (AvgIpc) is 3.33. The number of phosphoric ester groups is 1. The van der Waals surface area contributed by atoms with Crippen LogP contribution in [0.1, 0.15) is 277 Å². The fourth-order valence-corrected chi connectivity index (χ4v) is 9.26. The SMILES string of the molecule is CC/C=C\C/C=C\C/C=C\C/C=C\CCCCCCCCCCCCCCCCCCCCCCCCCCCCC(=O)OC(COC(=O)CCCCCCCCCC)COP(=O)([O-])OCC[N+](C)(C)C. The van der Waals surface area contributed by atoms with E-state index in [1.807, 2.05) is 21.1 Å². The number of carbonyl (C=O) groups excluding carboxylic acids is 2. The Labute approximate surface area is 439 Å². The van der Waals surface area contributed by atoms with E-state index >= 15 is 0 Å². The second kappa shape index (κ2) is 52.8. The van der Waals surface area contributed by atoms with Gasteiger partial charge in [-0.25, -0.2) is 0 Å². The standard InChI is InChI=1S/C61H114NO8P/c1-6-8-10-12-14-16-17-18-19-20-21-22-23-24-25-26-27-28-29-30-31-32-33-34-35-36-37-38-39-40-41-42-43-44-45-46-48-50-52-54-61(64)70-59(58-69-71(65,66)68-56-55-62(3,4)5)57-67-60(63)53-51-49-47-15-13-11-9-7-2/h8,10,14,16,18-19,21-22,59H,6-7,9,11-13,15,17,20,23-58H2,1-5H3/b10-8-,16-14-,19-18-,22-21-. The Morgan fingerprint density at radius 3 is 1.20 bits per heavy atom. The largest absolute Gasteiger partial charge is 0.756 e. The Balaban J connectivity index is 3.79. The molecule has 2 unspecified atom stereocenters. The first-order chi connectivity index (χ1) is 34.5. The van der Waals surface area contributed by atoms with Crippen LogP contribution in [0.15, 0.2) is 48.6 Å². The third kappa shape index (κ3) is 57.1. The van der Waals surface area contributed by atoms with Gasteiger partial charge in [0.25, 0.3) is 7.82 Å². The van der Waals surface area contributed by atoms with Crippen molar-refractivity contribution in [3.63, 3.8) is 0 Å². The fourth-order valence-electron chi connectivity index (χ4n) is 8.53. The van der Waals surface area contributed by atoms with Gasteiger partial charge in [-0.2, -0.15) is 0 Å². The first kappa shape index (κ1) is 69.0. The zero-order valence-corrected chi connectivity index (χ0v) is 48.1. The molecule has 0 aliphatic heterocycles. The number of quaternary nitrogens is 1. The van der Waals surface area contributed by atoms with Crippen molar-refractivity contribution in [1.29, 1.82) is 0 Å². The van der Waals surface area contributed by atoms with Crippen molar-refractivity contribution in [3.05, 3.63) is 48.6 Å². The summed E-state index contributed by atoms with van der Waals surface area (Å²) in [5, 5.41) is 0. The van der Waals surface area contributed by atoms with Gasteiger partial charge in [-0.05, 0) is 51.4 Å². The molecule has 0 saturated heterocycles. The predicted molar refractivity (Wildman–Crippen MR) is 300 cm³/mol. The molecule has 0 amide bonds. The first-order valence-corrected chi connectivity index (χ1v) is 31.3. The van der Waals surface area contributed by atoms with Gasteiger partial charge in [-0.1, -0.05) is 262 Å². The van der Waals surface area contributed by atoms with Crippen molar-refractivity contribution in [3.8, 4) is 0 Å². The Kier molecular flexibility index (Phi) is 51.3. The summed E-state index contributed by atoms with van der Waals surface area (Å²) in [6.45, 7) is 4.11. The molecule has 0 saturated carbocycles. The molecular weight excluding hydrogens is 906 g/mol. The number of ether oxygens (including phenoxy) is 2. The molecule has 0 heterocycles. The lowest BCUT2D eigenvalue weighted by molar-refractivity contribution is -0.870. The number of carbonyl (C=O) groups is 2. The summed E-state index contributed by atoms with van der Waals surface area (Å²) in [5.74, 6) is -0.826. The second-order valence-electron chi connectivity index (χ2n) is 21.3. The molecular formula is C61H114NO8P. The van der Waals surface area contributed by atoms with Gasteiger partial charge in [-0.15, -0.1) is 0 Å². The molecule has 0 aliphatic rings. The molecule has 71 heavy (non-hydrogen) atoms. The molecule has 0 aliphatic carbocycles. The number of phosphoric acid groups is 1. The summed E-state index contributed by atoms with van der Waals surface area (Å²) in [5.41, 5.74) is 0. The summed E-state index contributed by atoms with van der Waals surface area (Å²) in [4.78, 5) is 37.6. The van der Waals surface area contributed by atoms with Crippen molar-refractivity contribution in [1.82, 2.24) is 0 Å². The Hall–Kier alpha value is -2.03. The second-order valence-corrected chi connectivity index (χ2v) is 22.8. The minimum Gasteiger partial charge on any atom is -0.756 e. The van der Waals surface area contributed by atoms with Gasteiger partial charge < -0.3 is 27.9 Å². The summed E-state index contributed by atoms with van der Waals surface area (Å²) in [7, 11) is 1.18. The van der Waals surface area contributed by atoms with E-state index in [1.165, 1.54) is 186 Å². The third-order valence-corrected chi connectivity index (χ3v) is 14.1. The summed E-state index contributed by atoms with van der Waals surface area (Å²) in [6, 6.07) is 0. The van der Waals surface area contributed by atoms with E-state index in [-0.39, 0.29) is 32.0 Å². The summed E-state index contributed by atoms with van der Waals surface area (Å²) >= 11 is 0. The summed E-state index contributed by atoms with van der Waals surface area (Å²) < 4.78 is 34.0. The third-order valence-electron chi connectivity index (χ3n) is 13.1. The number of esters is 2. The summed E-state index contributed by atoms with van der Waals surface area (Å²) in [6.07, 6.45) is 66.5. The molecule has 0 aromatic heterocycles. The smallest absolute Gasteiger partial charge is 0.306 e. The van der Waals surface area contributed by atoms with Gasteiger partial charge in [0.2, 0.25) is 0 Å². The van der Waals surface area contributed by atoms with Crippen molar-refractivity contribution in [2.45, 2.75) is 283 Å². The molecule has 10 heteroatoms. The highest BCUT2D eigenvalue weighted by Gasteiger charge is 2.22. The van der Waals surface area contributed by atoms with Crippen molar-refractivity contribution >= 4 is 19.8 Å². The van der Waals surface area contributed by atoms with Gasteiger partial charge in [0.05, 0.1) is 27.7 Å². The molecule has 0 spiro atoms. The first-order valence-electron chi connectivity index (χ1n) is 29.8. The highest BCUT2D eigenvalue weighted by molar-refractivity contribution is 7.45. The quantitative estimate of drug-likeness (QED) is 0.0195. The van der Waals surface area contributed by atoms with Crippen molar-refractivity contribution in [2.75, 3.05) is 47.5 Å². The molecule has 0 aromatic carbocycles. The van der Waals surface area contributed by atoms with Crippen LogP contribution in [0.5, 0.6) is 0 Å². The van der Waals surface area contributed by atoms with Crippen LogP contribution < -0.4 is 4.89 Å². The van der Waals surface area contributed by atoms with Gasteiger partial charge in [0.15, 0.2) is 6.10 Å². The van der Waals surface area contributed by atoms with Gasteiger partial charge >= 0.3 is 11.9 Å². The molecule has 0 radical (unpaired) electrons. The zero-order valence-electron chi connectivity index (χ0n) is 47.2. The minimum atomic E-state index is -4.62. The molecule has 2 atom stereocenters.